The van der Waals surface area contributed by atoms with Crippen LogP contribution in [0.3, 0.4) is 0 Å². The minimum atomic E-state index is 0.440. The van der Waals surface area contributed by atoms with Gasteiger partial charge in [0.1, 0.15) is 0 Å². The second-order valence-electron chi connectivity index (χ2n) is 6.70. The Morgan fingerprint density at radius 3 is 2.76 bits per heavy atom. The second-order valence-corrected chi connectivity index (χ2v) is 6.70. The van der Waals surface area contributed by atoms with E-state index in [0.717, 1.165) is 18.6 Å². The Bertz CT molecular complexity index is 595. The lowest BCUT2D eigenvalue weighted by atomic mass is 9.80. The van der Waals surface area contributed by atoms with Crippen LogP contribution in [0.1, 0.15) is 25.3 Å². The molecule has 0 spiro atoms. The molecular weight excluding hydrogens is 258 g/mol. The van der Waals surface area contributed by atoms with Gasteiger partial charge in [0.05, 0.1) is 5.52 Å². The van der Waals surface area contributed by atoms with E-state index in [1.54, 1.807) is 0 Å². The molecule has 1 fully saturated rings. The third kappa shape index (κ3) is 3.42. The summed E-state index contributed by atoms with van der Waals surface area (Å²) in [6, 6.07) is 10.5. The van der Waals surface area contributed by atoms with E-state index in [0.29, 0.717) is 5.41 Å². The van der Waals surface area contributed by atoms with E-state index < -0.39 is 0 Å². The van der Waals surface area contributed by atoms with Crippen molar-refractivity contribution in [2.45, 2.75) is 26.3 Å². The Hall–Kier alpha value is -1.45. The van der Waals surface area contributed by atoms with Crippen LogP contribution in [0, 0.1) is 5.41 Å². The molecule has 1 N–H and O–H groups in total. The van der Waals surface area contributed by atoms with Crippen molar-refractivity contribution in [3.8, 4) is 0 Å². The molecule has 21 heavy (non-hydrogen) atoms. The predicted octanol–water partition coefficient (Wildman–Crippen LogP) is 3.06. The van der Waals surface area contributed by atoms with Crippen LogP contribution in [0.2, 0.25) is 0 Å². The lowest BCUT2D eigenvalue weighted by Crippen LogP contribution is -2.41. The van der Waals surface area contributed by atoms with Crippen LogP contribution in [0.5, 0.6) is 0 Å². The van der Waals surface area contributed by atoms with Crippen LogP contribution in [-0.2, 0) is 6.54 Å². The molecular formula is C18H25N3. The van der Waals surface area contributed by atoms with Crippen molar-refractivity contribution in [2.75, 3.05) is 26.7 Å². The summed E-state index contributed by atoms with van der Waals surface area (Å²) in [5.74, 6) is 0. The van der Waals surface area contributed by atoms with Gasteiger partial charge in [0.25, 0.3) is 0 Å². The number of benzene rings is 1. The fourth-order valence-corrected chi connectivity index (χ4v) is 3.14. The smallest absolute Gasteiger partial charge is 0.0705 e. The van der Waals surface area contributed by atoms with Gasteiger partial charge in [-0.1, -0.05) is 25.1 Å². The first kappa shape index (κ1) is 14.5. The van der Waals surface area contributed by atoms with Gasteiger partial charge in [-0.2, -0.15) is 0 Å². The van der Waals surface area contributed by atoms with E-state index in [-0.39, 0.29) is 0 Å². The van der Waals surface area contributed by atoms with Crippen molar-refractivity contribution >= 4 is 10.9 Å². The van der Waals surface area contributed by atoms with Gasteiger partial charge in [-0.15, -0.1) is 0 Å². The maximum absolute atomic E-state index is 4.43. The fraction of sp³-hybridized carbons (Fsp3) is 0.500. The molecule has 3 nitrogen and oxygen atoms in total. The maximum atomic E-state index is 4.43. The van der Waals surface area contributed by atoms with Gasteiger partial charge in [0.15, 0.2) is 0 Å². The van der Waals surface area contributed by atoms with Gasteiger partial charge in [-0.05, 0) is 56.1 Å². The molecule has 2 heterocycles. The molecule has 3 rings (SSSR count). The van der Waals surface area contributed by atoms with E-state index in [4.69, 9.17) is 0 Å². The SMILES string of the molecule is CN1CCC(C)(CNCc2ccnc3ccccc23)CC1. The van der Waals surface area contributed by atoms with E-state index >= 15 is 0 Å². The van der Waals surface area contributed by atoms with Crippen LogP contribution in [-0.4, -0.2) is 36.6 Å². The summed E-state index contributed by atoms with van der Waals surface area (Å²) in [4.78, 5) is 6.86. The molecule has 0 aliphatic carbocycles. The first-order valence-electron chi connectivity index (χ1n) is 7.88. The highest BCUT2D eigenvalue weighted by Gasteiger charge is 2.28. The van der Waals surface area contributed by atoms with Crippen LogP contribution >= 0.6 is 0 Å². The van der Waals surface area contributed by atoms with Crippen molar-refractivity contribution < 1.29 is 0 Å². The van der Waals surface area contributed by atoms with Crippen molar-refractivity contribution in [1.29, 1.82) is 0 Å². The van der Waals surface area contributed by atoms with Crippen molar-refractivity contribution in [3.63, 3.8) is 0 Å². The number of aromatic nitrogens is 1. The highest BCUT2D eigenvalue weighted by atomic mass is 15.1. The second kappa shape index (κ2) is 6.12. The minimum absolute atomic E-state index is 0.440. The molecule has 0 radical (unpaired) electrons. The Balaban J connectivity index is 1.62. The minimum Gasteiger partial charge on any atom is -0.312 e. The predicted molar refractivity (Wildman–Crippen MR) is 88.3 cm³/mol. The molecule has 0 amide bonds. The summed E-state index contributed by atoms with van der Waals surface area (Å²) in [6.07, 6.45) is 4.48. The van der Waals surface area contributed by atoms with E-state index in [2.05, 4.69) is 53.4 Å². The molecule has 0 unspecified atom stereocenters. The standard InChI is InChI=1S/C18H25N3/c1-18(8-11-21(2)12-9-18)14-19-13-15-7-10-20-17-6-4-3-5-16(15)17/h3-7,10,19H,8-9,11-14H2,1-2H3. The number of fused-ring (bicyclic) bond motifs is 1. The summed E-state index contributed by atoms with van der Waals surface area (Å²) in [5.41, 5.74) is 2.87. The van der Waals surface area contributed by atoms with Crippen LogP contribution in [0.4, 0.5) is 0 Å². The normalized spacial score (nSPS) is 19.0. The molecule has 1 aromatic carbocycles. The first-order valence-corrected chi connectivity index (χ1v) is 7.88. The summed E-state index contributed by atoms with van der Waals surface area (Å²) in [5, 5.41) is 4.94. The number of rotatable bonds is 4. The molecule has 1 saturated heterocycles. The van der Waals surface area contributed by atoms with Gasteiger partial charge in [0.2, 0.25) is 0 Å². The number of pyridine rings is 1. The van der Waals surface area contributed by atoms with Crippen LogP contribution in [0.25, 0.3) is 10.9 Å². The molecule has 1 aliphatic heterocycles. The molecule has 0 atom stereocenters. The Labute approximate surface area is 127 Å². The van der Waals surface area contributed by atoms with Crippen LogP contribution in [0.15, 0.2) is 36.5 Å². The van der Waals surface area contributed by atoms with Crippen molar-refractivity contribution in [2.24, 2.45) is 5.41 Å². The van der Waals surface area contributed by atoms with E-state index in [1.165, 1.54) is 36.9 Å². The zero-order chi connectivity index (χ0) is 14.7. The molecule has 0 bridgehead atoms. The Morgan fingerprint density at radius 2 is 1.95 bits per heavy atom. The molecule has 1 aliphatic rings. The molecule has 3 heteroatoms. The first-order chi connectivity index (χ1) is 10.2. The average molecular weight is 283 g/mol. The van der Waals surface area contributed by atoms with Gasteiger partial charge in [0, 0.05) is 24.7 Å². The largest absolute Gasteiger partial charge is 0.312 e. The summed E-state index contributed by atoms with van der Waals surface area (Å²) < 4.78 is 0. The Kier molecular flexibility index (Phi) is 4.22. The summed E-state index contributed by atoms with van der Waals surface area (Å²) in [7, 11) is 2.22. The number of hydrogen-bond acceptors (Lipinski definition) is 3. The van der Waals surface area contributed by atoms with Gasteiger partial charge >= 0.3 is 0 Å². The molecule has 0 saturated carbocycles. The molecule has 112 valence electrons. The highest BCUT2D eigenvalue weighted by Crippen LogP contribution is 2.29. The highest BCUT2D eigenvalue weighted by molar-refractivity contribution is 5.81. The number of nitrogens with zero attached hydrogens (tertiary/aromatic N) is 2. The number of piperidine rings is 1. The van der Waals surface area contributed by atoms with Crippen molar-refractivity contribution in [3.05, 3.63) is 42.1 Å². The topological polar surface area (TPSA) is 28.2 Å². The third-order valence-corrected chi connectivity index (χ3v) is 4.80. The molecule has 2 aromatic rings. The maximum Gasteiger partial charge on any atom is 0.0705 e. The van der Waals surface area contributed by atoms with Gasteiger partial charge < -0.3 is 10.2 Å². The van der Waals surface area contributed by atoms with Gasteiger partial charge in [-0.25, -0.2) is 0 Å². The lowest BCUT2D eigenvalue weighted by Gasteiger charge is -2.38. The number of nitrogens with one attached hydrogen (secondary N) is 1. The quantitative estimate of drug-likeness (QED) is 0.935. The third-order valence-electron chi connectivity index (χ3n) is 4.80. The van der Waals surface area contributed by atoms with Gasteiger partial charge in [-0.3, -0.25) is 4.98 Å². The summed E-state index contributed by atoms with van der Waals surface area (Å²) >= 11 is 0. The average Bonchev–Trinajstić information content (AvgIpc) is 2.51. The summed E-state index contributed by atoms with van der Waals surface area (Å²) in [6.45, 7) is 6.87. The van der Waals surface area contributed by atoms with E-state index in [1.807, 2.05) is 12.3 Å². The lowest BCUT2D eigenvalue weighted by molar-refractivity contribution is 0.137. The molecule has 1 aromatic heterocycles. The Morgan fingerprint density at radius 1 is 1.19 bits per heavy atom. The van der Waals surface area contributed by atoms with E-state index in [9.17, 15) is 0 Å². The fourth-order valence-electron chi connectivity index (χ4n) is 3.14. The number of para-hydroxylation sites is 1. The van der Waals surface area contributed by atoms with Crippen LogP contribution < -0.4 is 5.32 Å². The van der Waals surface area contributed by atoms with Crippen molar-refractivity contribution in [1.82, 2.24) is 15.2 Å². The monoisotopic (exact) mass is 283 g/mol. The number of hydrogen-bond donors (Lipinski definition) is 1. The zero-order valence-electron chi connectivity index (χ0n) is 13.1. The number of likely N-dealkylation sites (tertiary alicyclic amines) is 1. The zero-order valence-corrected chi connectivity index (χ0v) is 13.1.